The van der Waals surface area contributed by atoms with E-state index >= 15 is 0 Å². The van der Waals surface area contributed by atoms with Gasteiger partial charge in [0.15, 0.2) is 0 Å². The van der Waals surface area contributed by atoms with E-state index < -0.39 is 0 Å². The van der Waals surface area contributed by atoms with E-state index in [1.165, 1.54) is 16.7 Å². The van der Waals surface area contributed by atoms with Crippen molar-refractivity contribution in [1.82, 2.24) is 0 Å². The number of carbonyl (C=O) groups excluding carboxylic acids is 1. The highest BCUT2D eigenvalue weighted by Crippen LogP contribution is 2.20. The van der Waals surface area contributed by atoms with Crippen LogP contribution in [0.5, 0.6) is 0 Å². The molecule has 0 aliphatic heterocycles. The zero-order chi connectivity index (χ0) is 16.1. The Morgan fingerprint density at radius 2 is 1.64 bits per heavy atom. The zero-order valence-corrected chi connectivity index (χ0v) is 14.8. The molecule has 2 rings (SSSR count). The van der Waals surface area contributed by atoms with Gasteiger partial charge in [-0.3, -0.25) is 4.79 Å². The first-order valence-electron chi connectivity index (χ1n) is 7.33. The van der Waals surface area contributed by atoms with E-state index in [2.05, 4.69) is 33.5 Å². The van der Waals surface area contributed by atoms with Crippen molar-refractivity contribution in [3.8, 4) is 0 Å². The molecule has 0 saturated carbocycles. The van der Waals surface area contributed by atoms with Crippen LogP contribution in [0.3, 0.4) is 0 Å². The number of aryl methyl sites for hydroxylation is 3. The molecule has 0 radical (unpaired) electrons. The van der Waals surface area contributed by atoms with Crippen molar-refractivity contribution >= 4 is 33.2 Å². The third-order valence-electron chi connectivity index (χ3n) is 3.64. The van der Waals surface area contributed by atoms with Crippen LogP contribution in [0.4, 0.5) is 11.4 Å². The molecule has 116 valence electrons. The fraction of sp³-hybridized carbons (Fsp3) is 0.278. The normalized spacial score (nSPS) is 10.4. The first-order valence-corrected chi connectivity index (χ1v) is 8.12. The summed E-state index contributed by atoms with van der Waals surface area (Å²) < 4.78 is 1.07. The van der Waals surface area contributed by atoms with E-state index in [4.69, 9.17) is 0 Å². The topological polar surface area (TPSA) is 41.1 Å². The summed E-state index contributed by atoms with van der Waals surface area (Å²) in [6, 6.07) is 12.0. The van der Waals surface area contributed by atoms with E-state index in [-0.39, 0.29) is 5.91 Å². The molecule has 0 heterocycles. The summed E-state index contributed by atoms with van der Waals surface area (Å²) in [6.45, 7) is 6.75. The summed E-state index contributed by atoms with van der Waals surface area (Å²) >= 11 is 3.50. The van der Waals surface area contributed by atoms with Gasteiger partial charge in [0, 0.05) is 28.8 Å². The van der Waals surface area contributed by atoms with Gasteiger partial charge in [-0.25, -0.2) is 0 Å². The Bertz CT molecular complexity index is 683. The lowest BCUT2D eigenvalue weighted by atomic mass is 10.1. The summed E-state index contributed by atoms with van der Waals surface area (Å²) in [5, 5.41) is 6.19. The van der Waals surface area contributed by atoms with Crippen LogP contribution in [0.2, 0.25) is 0 Å². The number of carbonyl (C=O) groups is 1. The first-order chi connectivity index (χ1) is 10.5. The van der Waals surface area contributed by atoms with E-state index in [9.17, 15) is 4.79 Å². The molecule has 0 spiro atoms. The van der Waals surface area contributed by atoms with E-state index in [0.717, 1.165) is 15.8 Å². The molecular weight excluding hydrogens is 340 g/mol. The van der Waals surface area contributed by atoms with Crippen LogP contribution in [0, 0.1) is 20.8 Å². The van der Waals surface area contributed by atoms with Gasteiger partial charge in [-0.05, 0) is 61.7 Å². The second-order valence-electron chi connectivity index (χ2n) is 5.49. The second kappa shape index (κ2) is 7.45. The summed E-state index contributed by atoms with van der Waals surface area (Å²) in [4.78, 5) is 12.0. The molecule has 22 heavy (non-hydrogen) atoms. The van der Waals surface area contributed by atoms with Crippen LogP contribution in [0.15, 0.2) is 40.9 Å². The van der Waals surface area contributed by atoms with Crippen LogP contribution in [-0.2, 0) is 4.79 Å². The summed E-state index contributed by atoms with van der Waals surface area (Å²) in [5.74, 6) is 0.0157. The van der Waals surface area contributed by atoms with Gasteiger partial charge >= 0.3 is 0 Å². The van der Waals surface area contributed by atoms with Gasteiger partial charge in [0.1, 0.15) is 0 Å². The van der Waals surface area contributed by atoms with Crippen LogP contribution >= 0.6 is 15.9 Å². The molecule has 2 aromatic rings. The SMILES string of the molecule is Cc1ccc(NC(=O)CCNc2ccc(C)c(Br)c2)cc1C. The van der Waals surface area contributed by atoms with Crippen LogP contribution in [0.25, 0.3) is 0 Å². The number of hydrogen-bond acceptors (Lipinski definition) is 2. The van der Waals surface area contributed by atoms with Crippen molar-refractivity contribution in [1.29, 1.82) is 0 Å². The number of rotatable bonds is 5. The predicted molar refractivity (Wildman–Crippen MR) is 96.5 cm³/mol. The monoisotopic (exact) mass is 360 g/mol. The molecule has 0 aliphatic rings. The summed E-state index contributed by atoms with van der Waals surface area (Å²) in [6.07, 6.45) is 0.429. The molecule has 0 saturated heterocycles. The van der Waals surface area contributed by atoms with Crippen LogP contribution in [-0.4, -0.2) is 12.5 Å². The lowest BCUT2D eigenvalue weighted by molar-refractivity contribution is -0.115. The van der Waals surface area contributed by atoms with Gasteiger partial charge in [-0.2, -0.15) is 0 Å². The Morgan fingerprint density at radius 1 is 0.955 bits per heavy atom. The smallest absolute Gasteiger partial charge is 0.226 e. The first kappa shape index (κ1) is 16.6. The van der Waals surface area contributed by atoms with E-state index in [1.807, 2.05) is 50.2 Å². The maximum absolute atomic E-state index is 12.0. The van der Waals surface area contributed by atoms with E-state index in [0.29, 0.717) is 13.0 Å². The van der Waals surface area contributed by atoms with Gasteiger partial charge < -0.3 is 10.6 Å². The quantitative estimate of drug-likeness (QED) is 0.802. The van der Waals surface area contributed by atoms with Crippen molar-refractivity contribution in [2.75, 3.05) is 17.2 Å². The minimum atomic E-state index is 0.0157. The van der Waals surface area contributed by atoms with Crippen molar-refractivity contribution in [2.45, 2.75) is 27.2 Å². The second-order valence-corrected chi connectivity index (χ2v) is 6.34. The molecule has 3 nitrogen and oxygen atoms in total. The summed E-state index contributed by atoms with van der Waals surface area (Å²) in [5.41, 5.74) is 5.46. The number of benzene rings is 2. The molecule has 0 atom stereocenters. The lowest BCUT2D eigenvalue weighted by Gasteiger charge is -2.10. The molecule has 0 fully saturated rings. The van der Waals surface area contributed by atoms with Crippen molar-refractivity contribution < 1.29 is 4.79 Å². The minimum Gasteiger partial charge on any atom is -0.384 e. The third-order valence-corrected chi connectivity index (χ3v) is 4.50. The standard InChI is InChI=1S/C18H21BrN2O/c1-12-4-7-16(10-14(12)3)21-18(22)8-9-20-15-6-5-13(2)17(19)11-15/h4-7,10-11,20H,8-9H2,1-3H3,(H,21,22). The average Bonchev–Trinajstić information content (AvgIpc) is 2.47. The van der Waals surface area contributed by atoms with Gasteiger partial charge in [-0.15, -0.1) is 0 Å². The largest absolute Gasteiger partial charge is 0.384 e. The molecule has 2 N–H and O–H groups in total. The maximum Gasteiger partial charge on any atom is 0.226 e. The molecule has 0 aliphatic carbocycles. The number of hydrogen-bond donors (Lipinski definition) is 2. The third kappa shape index (κ3) is 4.60. The predicted octanol–water partition coefficient (Wildman–Crippen LogP) is 4.82. The average molecular weight is 361 g/mol. The fourth-order valence-electron chi connectivity index (χ4n) is 2.07. The highest BCUT2D eigenvalue weighted by atomic mass is 79.9. The van der Waals surface area contributed by atoms with Gasteiger partial charge in [0.05, 0.1) is 0 Å². The minimum absolute atomic E-state index is 0.0157. The Kier molecular flexibility index (Phi) is 5.61. The number of halogens is 1. The van der Waals surface area contributed by atoms with Gasteiger partial charge in [0.25, 0.3) is 0 Å². The van der Waals surface area contributed by atoms with Gasteiger partial charge in [-0.1, -0.05) is 28.1 Å². The molecule has 0 bridgehead atoms. The van der Waals surface area contributed by atoms with Gasteiger partial charge in [0.2, 0.25) is 5.91 Å². The molecule has 0 aromatic heterocycles. The van der Waals surface area contributed by atoms with Crippen LogP contribution in [0.1, 0.15) is 23.1 Å². The highest BCUT2D eigenvalue weighted by Gasteiger charge is 2.04. The zero-order valence-electron chi connectivity index (χ0n) is 13.2. The Hall–Kier alpha value is -1.81. The summed E-state index contributed by atoms with van der Waals surface area (Å²) in [7, 11) is 0. The fourth-order valence-corrected chi connectivity index (χ4v) is 2.44. The Morgan fingerprint density at radius 3 is 2.32 bits per heavy atom. The molecular formula is C18H21BrN2O. The number of amides is 1. The highest BCUT2D eigenvalue weighted by molar-refractivity contribution is 9.10. The number of nitrogens with one attached hydrogen (secondary N) is 2. The molecule has 1 amide bonds. The van der Waals surface area contributed by atoms with Crippen molar-refractivity contribution in [2.24, 2.45) is 0 Å². The Labute approximate surface area is 140 Å². The molecule has 0 unspecified atom stereocenters. The molecule has 4 heteroatoms. The maximum atomic E-state index is 12.0. The lowest BCUT2D eigenvalue weighted by Crippen LogP contribution is -2.16. The Balaban J connectivity index is 1.82. The number of anilines is 2. The van der Waals surface area contributed by atoms with Crippen molar-refractivity contribution in [3.63, 3.8) is 0 Å². The molecule has 2 aromatic carbocycles. The van der Waals surface area contributed by atoms with Crippen LogP contribution < -0.4 is 10.6 Å². The van der Waals surface area contributed by atoms with E-state index in [1.54, 1.807) is 0 Å². The van der Waals surface area contributed by atoms with Crippen molar-refractivity contribution in [3.05, 3.63) is 57.6 Å².